The van der Waals surface area contributed by atoms with Crippen LogP contribution in [-0.2, 0) is 9.47 Å². The SMILES string of the molecule is OC[C@H]1OC(O)[C@H](O)[C@@H](OCCCC(F)(F)C(F)(F)C(F)(F)C(F)(F)C(F)(F)C(F)(F)C(F)(F)C(F)(F)F)[C@@H]1O. The first-order valence-electron chi connectivity index (χ1n) is 10.1. The minimum absolute atomic E-state index is 1.06. The van der Waals surface area contributed by atoms with Crippen LogP contribution in [0.2, 0.25) is 0 Å². The van der Waals surface area contributed by atoms with Crippen molar-refractivity contribution in [1.82, 2.24) is 0 Å². The molecule has 1 aliphatic heterocycles. The minimum Gasteiger partial charge on any atom is -0.394 e. The van der Waals surface area contributed by atoms with E-state index in [1.54, 1.807) is 0 Å². The van der Waals surface area contributed by atoms with E-state index in [9.17, 15) is 90.0 Å². The number of ether oxygens (including phenoxy) is 2. The second-order valence-corrected chi connectivity index (χ2v) is 8.32. The van der Waals surface area contributed by atoms with Gasteiger partial charge < -0.3 is 29.9 Å². The Kier molecular flexibility index (Phi) is 10.1. The number of aliphatic hydroxyl groups excluding tert-OH is 4. The van der Waals surface area contributed by atoms with Crippen LogP contribution in [-0.4, -0.2) is 112 Å². The lowest BCUT2D eigenvalue weighted by atomic mass is 9.88. The first-order valence-corrected chi connectivity index (χ1v) is 10.1. The quantitative estimate of drug-likeness (QED) is 0.193. The van der Waals surface area contributed by atoms with E-state index >= 15 is 0 Å². The summed E-state index contributed by atoms with van der Waals surface area (Å²) >= 11 is 0. The molecule has 0 aromatic carbocycles. The van der Waals surface area contributed by atoms with E-state index in [4.69, 9.17) is 5.11 Å². The lowest BCUT2D eigenvalue weighted by Gasteiger charge is -2.43. The Labute approximate surface area is 210 Å². The third-order valence-corrected chi connectivity index (χ3v) is 5.57. The Morgan fingerprint density at radius 3 is 1.38 bits per heavy atom. The fourth-order valence-electron chi connectivity index (χ4n) is 3.13. The Hall–Kier alpha value is -1.43. The largest absolute Gasteiger partial charge is 0.460 e. The zero-order valence-corrected chi connectivity index (χ0v) is 18.7. The lowest BCUT2D eigenvalue weighted by Crippen LogP contribution is -2.74. The van der Waals surface area contributed by atoms with E-state index in [1.165, 1.54) is 0 Å². The van der Waals surface area contributed by atoms with Crippen molar-refractivity contribution in [3.05, 3.63) is 0 Å². The second-order valence-electron chi connectivity index (χ2n) is 8.32. The Morgan fingerprint density at radius 1 is 0.575 bits per heavy atom. The molecule has 1 heterocycles. The summed E-state index contributed by atoms with van der Waals surface area (Å²) in [6.07, 6.45) is -22.5. The van der Waals surface area contributed by atoms with Crippen LogP contribution in [0.25, 0.3) is 0 Å². The number of hydrogen-bond acceptors (Lipinski definition) is 6. The highest BCUT2D eigenvalue weighted by Gasteiger charge is 2.95. The molecule has 0 spiro atoms. The van der Waals surface area contributed by atoms with Crippen LogP contribution in [0.1, 0.15) is 12.8 Å². The molecule has 240 valence electrons. The van der Waals surface area contributed by atoms with Crippen LogP contribution in [0.3, 0.4) is 0 Å². The predicted molar refractivity (Wildman–Crippen MR) is 89.6 cm³/mol. The van der Waals surface area contributed by atoms with Gasteiger partial charge in [0.15, 0.2) is 6.29 Å². The van der Waals surface area contributed by atoms with Gasteiger partial charge in [-0.25, -0.2) is 0 Å². The highest BCUT2D eigenvalue weighted by atomic mass is 19.4. The Bertz CT molecular complexity index is 864. The van der Waals surface area contributed by atoms with Gasteiger partial charge in [0.25, 0.3) is 0 Å². The average molecular weight is 640 g/mol. The van der Waals surface area contributed by atoms with Gasteiger partial charge in [0.1, 0.15) is 24.4 Å². The van der Waals surface area contributed by atoms with E-state index in [-0.39, 0.29) is 0 Å². The fraction of sp³-hybridized carbons (Fsp3) is 1.00. The zero-order chi connectivity index (χ0) is 32.1. The summed E-state index contributed by atoms with van der Waals surface area (Å²) in [5, 5.41) is 37.7. The fourth-order valence-corrected chi connectivity index (χ4v) is 3.13. The summed E-state index contributed by atoms with van der Waals surface area (Å²) in [7, 11) is 0. The van der Waals surface area contributed by atoms with Crippen molar-refractivity contribution in [3.63, 3.8) is 0 Å². The summed E-state index contributed by atoms with van der Waals surface area (Å²) in [4.78, 5) is 0. The van der Waals surface area contributed by atoms with Crippen LogP contribution in [0.15, 0.2) is 0 Å². The number of alkyl halides is 17. The van der Waals surface area contributed by atoms with Crippen molar-refractivity contribution in [2.24, 2.45) is 0 Å². The van der Waals surface area contributed by atoms with Gasteiger partial charge in [-0.15, -0.1) is 0 Å². The summed E-state index contributed by atoms with van der Waals surface area (Å²) in [5.74, 6) is -57.1. The molecule has 0 aliphatic carbocycles. The highest BCUT2D eigenvalue weighted by Crippen LogP contribution is 2.64. The monoisotopic (exact) mass is 640 g/mol. The number of halogens is 17. The first kappa shape index (κ1) is 36.6. The topological polar surface area (TPSA) is 99.4 Å². The zero-order valence-electron chi connectivity index (χ0n) is 18.7. The third-order valence-electron chi connectivity index (χ3n) is 5.57. The minimum atomic E-state index is -8.72. The van der Waals surface area contributed by atoms with E-state index in [2.05, 4.69) is 9.47 Å². The summed E-state index contributed by atoms with van der Waals surface area (Å²) in [5.41, 5.74) is 0. The predicted octanol–water partition coefficient (Wildman–Crippen LogP) is 3.59. The van der Waals surface area contributed by atoms with Crippen molar-refractivity contribution in [1.29, 1.82) is 0 Å². The molecule has 5 atom stereocenters. The van der Waals surface area contributed by atoms with Crippen LogP contribution < -0.4 is 0 Å². The molecule has 1 aliphatic rings. The number of rotatable bonds is 12. The van der Waals surface area contributed by atoms with Gasteiger partial charge in [-0.05, 0) is 6.42 Å². The first-order chi connectivity index (χ1) is 17.5. The highest BCUT2D eigenvalue weighted by molar-refractivity contribution is 5.15. The van der Waals surface area contributed by atoms with E-state index in [0.717, 1.165) is 0 Å². The molecule has 0 aromatic rings. The van der Waals surface area contributed by atoms with Crippen molar-refractivity contribution in [2.45, 2.75) is 91.2 Å². The van der Waals surface area contributed by atoms with E-state index in [0.29, 0.717) is 0 Å². The molecule has 0 saturated carbocycles. The van der Waals surface area contributed by atoms with Gasteiger partial charge in [-0.1, -0.05) is 0 Å². The normalized spacial score (nSPS) is 26.8. The van der Waals surface area contributed by atoms with Gasteiger partial charge in [0.05, 0.1) is 6.61 Å². The van der Waals surface area contributed by atoms with E-state index < -0.39 is 104 Å². The molecule has 1 unspecified atom stereocenters. The molecular formula is C17H17F17O6. The van der Waals surface area contributed by atoms with Gasteiger partial charge in [-0.2, -0.15) is 74.6 Å². The molecule has 0 bridgehead atoms. The standard InChI is InChI=1S/C17H17F17O6/c18-10(19,2-1-3-39-8-6(36)5(4-35)40-9(38)7(8)37)11(20,21)12(22,23)13(24,25)14(26,27)15(28,29)16(30,31)17(32,33)34/h5-9,35-38H,1-4H2/t5-,6-,7-,8+,9?/m1/s1. The van der Waals surface area contributed by atoms with Gasteiger partial charge >= 0.3 is 47.6 Å². The van der Waals surface area contributed by atoms with Gasteiger partial charge in [0, 0.05) is 13.0 Å². The third kappa shape index (κ3) is 5.52. The molecule has 0 aromatic heterocycles. The van der Waals surface area contributed by atoms with Gasteiger partial charge in [0.2, 0.25) is 0 Å². The second kappa shape index (κ2) is 11.0. The van der Waals surface area contributed by atoms with Crippen LogP contribution >= 0.6 is 0 Å². The lowest BCUT2D eigenvalue weighted by molar-refractivity contribution is -0.461. The van der Waals surface area contributed by atoms with Crippen molar-refractivity contribution >= 4 is 0 Å². The molecule has 0 amide bonds. The summed E-state index contributed by atoms with van der Waals surface area (Å²) < 4.78 is 234. The molecule has 0 radical (unpaired) electrons. The Morgan fingerprint density at radius 2 is 0.975 bits per heavy atom. The van der Waals surface area contributed by atoms with Crippen LogP contribution in [0.5, 0.6) is 0 Å². The smallest absolute Gasteiger partial charge is 0.394 e. The molecule has 1 fully saturated rings. The van der Waals surface area contributed by atoms with Crippen LogP contribution in [0.4, 0.5) is 74.6 Å². The molecular weight excluding hydrogens is 623 g/mol. The van der Waals surface area contributed by atoms with Crippen molar-refractivity contribution < 1.29 is 105 Å². The molecule has 1 rings (SSSR count). The molecule has 40 heavy (non-hydrogen) atoms. The maximum Gasteiger partial charge on any atom is 0.460 e. The molecule has 23 heteroatoms. The van der Waals surface area contributed by atoms with Crippen molar-refractivity contribution in [2.75, 3.05) is 13.2 Å². The average Bonchev–Trinajstić information content (AvgIpc) is 2.79. The molecule has 4 N–H and O–H groups in total. The number of aliphatic hydroxyl groups is 4. The molecule has 1 saturated heterocycles. The van der Waals surface area contributed by atoms with Gasteiger partial charge in [-0.3, -0.25) is 0 Å². The summed E-state index contributed by atoms with van der Waals surface area (Å²) in [6, 6.07) is 0. The van der Waals surface area contributed by atoms with Crippen molar-refractivity contribution in [3.8, 4) is 0 Å². The maximum atomic E-state index is 13.9. The van der Waals surface area contributed by atoms with E-state index in [1.807, 2.05) is 0 Å². The van der Waals surface area contributed by atoms with Crippen LogP contribution in [0, 0.1) is 0 Å². The maximum absolute atomic E-state index is 13.9. The number of hydrogen-bond donors (Lipinski definition) is 4. The molecule has 6 nitrogen and oxygen atoms in total. The Balaban J connectivity index is 3.19. The summed E-state index contributed by atoms with van der Waals surface area (Å²) in [6.45, 7) is -2.47.